The highest BCUT2D eigenvalue weighted by molar-refractivity contribution is 9.09. The zero-order valence-electron chi connectivity index (χ0n) is 9.09. The van der Waals surface area contributed by atoms with Gasteiger partial charge in [-0.05, 0) is 19.8 Å². The molecule has 1 aromatic heterocycles. The molecule has 1 aromatic rings. The number of nitrogens with one attached hydrogen (secondary N) is 1. The van der Waals surface area contributed by atoms with Gasteiger partial charge in [0.2, 0.25) is 0 Å². The van der Waals surface area contributed by atoms with Crippen molar-refractivity contribution in [2.45, 2.75) is 19.8 Å². The van der Waals surface area contributed by atoms with Gasteiger partial charge in [-0.15, -0.1) is 0 Å². The van der Waals surface area contributed by atoms with Gasteiger partial charge < -0.3 is 5.32 Å². The number of carbonyl (C=O) groups excluding carboxylic acids is 1. The van der Waals surface area contributed by atoms with Crippen molar-refractivity contribution in [3.63, 3.8) is 0 Å². The van der Waals surface area contributed by atoms with E-state index in [4.69, 9.17) is 0 Å². The molecule has 0 spiro atoms. The molecule has 0 saturated carbocycles. The Morgan fingerprint density at radius 2 is 2.33 bits per heavy atom. The highest BCUT2D eigenvalue weighted by Crippen LogP contribution is 2.04. The average Bonchev–Trinajstić information content (AvgIpc) is 2.52. The van der Waals surface area contributed by atoms with Crippen molar-refractivity contribution in [3.05, 3.63) is 17.5 Å². The smallest absolute Gasteiger partial charge is 0.254 e. The van der Waals surface area contributed by atoms with Gasteiger partial charge in [0.05, 0.1) is 11.3 Å². The van der Waals surface area contributed by atoms with Gasteiger partial charge in [0.1, 0.15) is 0 Å². The van der Waals surface area contributed by atoms with Crippen LogP contribution in [0.4, 0.5) is 0 Å². The van der Waals surface area contributed by atoms with Crippen LogP contribution in [-0.4, -0.2) is 27.6 Å². The lowest BCUT2D eigenvalue weighted by Crippen LogP contribution is -2.24. The minimum absolute atomic E-state index is 0.0322. The first-order valence-corrected chi connectivity index (χ1v) is 6.11. The summed E-state index contributed by atoms with van der Waals surface area (Å²) < 4.78 is 1.66. The normalized spacial score (nSPS) is 10.3. The van der Waals surface area contributed by atoms with Crippen molar-refractivity contribution < 1.29 is 4.79 Å². The summed E-state index contributed by atoms with van der Waals surface area (Å²) in [5.74, 6) is -0.0322. The molecule has 1 N–H and O–H groups in total. The molecular weight excluding hydrogens is 258 g/mol. The monoisotopic (exact) mass is 273 g/mol. The molecule has 4 nitrogen and oxygen atoms in total. The van der Waals surface area contributed by atoms with Gasteiger partial charge in [0.25, 0.3) is 5.91 Å². The van der Waals surface area contributed by atoms with Crippen molar-refractivity contribution in [2.24, 2.45) is 7.05 Å². The van der Waals surface area contributed by atoms with Crippen molar-refractivity contribution in [3.8, 4) is 0 Å². The van der Waals surface area contributed by atoms with Gasteiger partial charge in [-0.3, -0.25) is 9.48 Å². The van der Waals surface area contributed by atoms with Gasteiger partial charge >= 0.3 is 0 Å². The van der Waals surface area contributed by atoms with E-state index in [1.165, 1.54) is 0 Å². The molecule has 0 fully saturated rings. The molecule has 0 aromatic carbocycles. The van der Waals surface area contributed by atoms with E-state index in [1.807, 2.05) is 14.0 Å². The fourth-order valence-electron chi connectivity index (χ4n) is 1.34. The quantitative estimate of drug-likeness (QED) is 0.655. The van der Waals surface area contributed by atoms with Gasteiger partial charge in [-0.1, -0.05) is 15.9 Å². The van der Waals surface area contributed by atoms with Crippen LogP contribution in [0.2, 0.25) is 0 Å². The van der Waals surface area contributed by atoms with Crippen molar-refractivity contribution in [2.75, 3.05) is 11.9 Å². The first kappa shape index (κ1) is 12.2. The van der Waals surface area contributed by atoms with Gasteiger partial charge in [0.15, 0.2) is 0 Å². The van der Waals surface area contributed by atoms with Crippen LogP contribution < -0.4 is 5.32 Å². The number of halogens is 1. The number of hydrogen-bond donors (Lipinski definition) is 1. The number of hydrogen-bond acceptors (Lipinski definition) is 2. The summed E-state index contributed by atoms with van der Waals surface area (Å²) in [6, 6.07) is 0. The third-order valence-corrected chi connectivity index (χ3v) is 2.66. The topological polar surface area (TPSA) is 46.9 Å². The zero-order valence-corrected chi connectivity index (χ0v) is 10.7. The van der Waals surface area contributed by atoms with Crippen LogP contribution in [0.25, 0.3) is 0 Å². The predicted octanol–water partition coefficient (Wildman–Crippen LogP) is 1.63. The highest BCUT2D eigenvalue weighted by Gasteiger charge is 2.11. The number of unbranched alkanes of at least 4 members (excludes halogenated alkanes) is 1. The molecular formula is C10H16BrN3O. The summed E-state index contributed by atoms with van der Waals surface area (Å²) >= 11 is 3.35. The summed E-state index contributed by atoms with van der Waals surface area (Å²) in [6.07, 6.45) is 3.82. The molecule has 1 rings (SSSR count). The fraction of sp³-hybridized carbons (Fsp3) is 0.600. The van der Waals surface area contributed by atoms with Crippen molar-refractivity contribution >= 4 is 21.8 Å². The van der Waals surface area contributed by atoms with Crippen LogP contribution in [0.1, 0.15) is 28.9 Å². The highest BCUT2D eigenvalue weighted by atomic mass is 79.9. The second-order valence-electron chi connectivity index (χ2n) is 3.45. The minimum atomic E-state index is -0.0322. The first-order chi connectivity index (χ1) is 7.15. The van der Waals surface area contributed by atoms with Crippen LogP contribution in [0.5, 0.6) is 0 Å². The molecule has 0 radical (unpaired) electrons. The van der Waals surface area contributed by atoms with Crippen LogP contribution in [-0.2, 0) is 7.05 Å². The summed E-state index contributed by atoms with van der Waals surface area (Å²) in [4.78, 5) is 11.7. The summed E-state index contributed by atoms with van der Waals surface area (Å²) in [6.45, 7) is 2.56. The molecule has 15 heavy (non-hydrogen) atoms. The zero-order chi connectivity index (χ0) is 11.3. The number of alkyl halides is 1. The molecule has 1 amide bonds. The van der Waals surface area contributed by atoms with E-state index in [2.05, 4.69) is 26.3 Å². The largest absolute Gasteiger partial charge is 0.352 e. The lowest BCUT2D eigenvalue weighted by molar-refractivity contribution is 0.0952. The van der Waals surface area contributed by atoms with E-state index in [0.717, 1.165) is 30.4 Å². The first-order valence-electron chi connectivity index (χ1n) is 4.99. The molecule has 0 saturated heterocycles. The maximum Gasteiger partial charge on any atom is 0.254 e. The molecule has 1 heterocycles. The average molecular weight is 274 g/mol. The standard InChI is InChI=1S/C10H16BrN3O/c1-8-9(7-14(2)13-8)10(15)12-6-4-3-5-11/h7H,3-6H2,1-2H3,(H,12,15). The van der Waals surface area contributed by atoms with Crippen molar-refractivity contribution in [1.82, 2.24) is 15.1 Å². The second-order valence-corrected chi connectivity index (χ2v) is 4.25. The maximum atomic E-state index is 11.7. The van der Waals surface area contributed by atoms with E-state index >= 15 is 0 Å². The van der Waals surface area contributed by atoms with E-state index in [1.54, 1.807) is 10.9 Å². The number of aromatic nitrogens is 2. The Morgan fingerprint density at radius 3 is 2.87 bits per heavy atom. The van der Waals surface area contributed by atoms with Crippen LogP contribution >= 0.6 is 15.9 Å². The number of nitrogens with zero attached hydrogens (tertiary/aromatic N) is 2. The number of aryl methyl sites for hydroxylation is 2. The summed E-state index contributed by atoms with van der Waals surface area (Å²) in [5.41, 5.74) is 1.44. The number of rotatable bonds is 5. The van der Waals surface area contributed by atoms with E-state index < -0.39 is 0 Å². The molecule has 0 aliphatic heterocycles. The van der Waals surface area contributed by atoms with Gasteiger partial charge in [0, 0.05) is 25.1 Å². The van der Waals surface area contributed by atoms with E-state index in [0.29, 0.717) is 5.56 Å². The maximum absolute atomic E-state index is 11.7. The van der Waals surface area contributed by atoms with Gasteiger partial charge in [-0.2, -0.15) is 5.10 Å². The molecule has 0 bridgehead atoms. The van der Waals surface area contributed by atoms with Crippen LogP contribution in [0.15, 0.2) is 6.20 Å². The van der Waals surface area contributed by atoms with Crippen LogP contribution in [0.3, 0.4) is 0 Å². The van der Waals surface area contributed by atoms with Crippen molar-refractivity contribution in [1.29, 1.82) is 0 Å². The lowest BCUT2D eigenvalue weighted by Gasteiger charge is -2.02. The Bertz CT molecular complexity index is 335. The molecule has 0 unspecified atom stereocenters. The summed E-state index contributed by atoms with van der Waals surface area (Å²) in [5, 5.41) is 7.98. The lowest BCUT2D eigenvalue weighted by atomic mass is 10.2. The Labute approximate surface area is 98.2 Å². The van der Waals surface area contributed by atoms with Crippen LogP contribution in [0, 0.1) is 6.92 Å². The van der Waals surface area contributed by atoms with Gasteiger partial charge in [-0.25, -0.2) is 0 Å². The second kappa shape index (κ2) is 5.90. The molecule has 0 aliphatic carbocycles. The Hall–Kier alpha value is -0.840. The third kappa shape index (κ3) is 3.66. The minimum Gasteiger partial charge on any atom is -0.352 e. The Balaban J connectivity index is 2.43. The SMILES string of the molecule is Cc1nn(C)cc1C(=O)NCCCCBr. The summed E-state index contributed by atoms with van der Waals surface area (Å²) in [7, 11) is 1.81. The molecule has 84 valence electrons. The third-order valence-electron chi connectivity index (χ3n) is 2.10. The predicted molar refractivity (Wildman–Crippen MR) is 63.3 cm³/mol. The van der Waals surface area contributed by atoms with E-state index in [9.17, 15) is 4.79 Å². The van der Waals surface area contributed by atoms with E-state index in [-0.39, 0.29) is 5.91 Å². The Kier molecular flexibility index (Phi) is 4.81. The molecule has 5 heteroatoms. The molecule has 0 aliphatic rings. The fourth-order valence-corrected chi connectivity index (χ4v) is 1.74. The molecule has 0 atom stereocenters. The Morgan fingerprint density at radius 1 is 1.60 bits per heavy atom. The number of amides is 1. The number of carbonyl (C=O) groups is 1.